The molecule has 0 unspecified atom stereocenters. The lowest BCUT2D eigenvalue weighted by Crippen LogP contribution is -2.14. The molecule has 0 bridgehead atoms. The SMILES string of the molecule is Cc1ncccc1Oc1sc(C=O)c2c1C(=S)C(=CN)CC2. The van der Waals surface area contributed by atoms with Gasteiger partial charge >= 0.3 is 0 Å². The molecular formula is C16H14N2O2S2. The third-order valence-electron chi connectivity index (χ3n) is 3.64. The Bertz CT molecular complexity index is 793. The summed E-state index contributed by atoms with van der Waals surface area (Å²) in [4.78, 5) is 16.9. The van der Waals surface area contributed by atoms with Gasteiger partial charge in [0.2, 0.25) is 0 Å². The van der Waals surface area contributed by atoms with Crippen molar-refractivity contribution in [2.24, 2.45) is 5.73 Å². The maximum absolute atomic E-state index is 11.3. The van der Waals surface area contributed by atoms with E-state index in [2.05, 4.69) is 4.98 Å². The number of hydrogen-bond donors (Lipinski definition) is 1. The molecule has 1 aliphatic carbocycles. The Morgan fingerprint density at radius 1 is 1.45 bits per heavy atom. The lowest BCUT2D eigenvalue weighted by Gasteiger charge is -2.18. The van der Waals surface area contributed by atoms with Crippen molar-refractivity contribution in [3.63, 3.8) is 0 Å². The molecule has 22 heavy (non-hydrogen) atoms. The Balaban J connectivity index is 2.10. The summed E-state index contributed by atoms with van der Waals surface area (Å²) in [6, 6.07) is 3.66. The van der Waals surface area contributed by atoms with Crippen molar-refractivity contribution in [1.29, 1.82) is 0 Å². The van der Waals surface area contributed by atoms with Crippen molar-refractivity contribution >= 4 is 34.7 Å². The van der Waals surface area contributed by atoms with Crippen LogP contribution in [0.2, 0.25) is 0 Å². The number of ether oxygens (including phenoxy) is 1. The van der Waals surface area contributed by atoms with Crippen LogP contribution in [0.5, 0.6) is 10.8 Å². The number of aldehydes is 1. The minimum atomic E-state index is 0.636. The van der Waals surface area contributed by atoms with Crippen LogP contribution in [0.3, 0.4) is 0 Å². The molecule has 2 heterocycles. The van der Waals surface area contributed by atoms with Crippen LogP contribution >= 0.6 is 23.6 Å². The van der Waals surface area contributed by atoms with Crippen molar-refractivity contribution in [2.75, 3.05) is 0 Å². The van der Waals surface area contributed by atoms with Crippen LogP contribution in [-0.4, -0.2) is 16.1 Å². The lowest BCUT2D eigenvalue weighted by molar-refractivity contribution is 0.112. The molecule has 112 valence electrons. The Morgan fingerprint density at radius 2 is 2.27 bits per heavy atom. The normalized spacial score (nSPS) is 15.7. The highest BCUT2D eigenvalue weighted by molar-refractivity contribution is 7.81. The first-order valence-corrected chi connectivity index (χ1v) is 8.04. The van der Waals surface area contributed by atoms with Gasteiger partial charge in [-0.1, -0.05) is 23.6 Å². The molecule has 0 fully saturated rings. The summed E-state index contributed by atoms with van der Waals surface area (Å²) < 4.78 is 5.99. The second-order valence-electron chi connectivity index (χ2n) is 4.94. The third kappa shape index (κ3) is 2.44. The smallest absolute Gasteiger partial charge is 0.190 e. The molecule has 1 aliphatic rings. The van der Waals surface area contributed by atoms with Crippen LogP contribution in [0.25, 0.3) is 0 Å². The highest BCUT2D eigenvalue weighted by Gasteiger charge is 2.28. The van der Waals surface area contributed by atoms with Crippen LogP contribution in [0.15, 0.2) is 30.1 Å². The topological polar surface area (TPSA) is 65.2 Å². The Morgan fingerprint density at radius 3 is 2.95 bits per heavy atom. The number of rotatable bonds is 3. The van der Waals surface area contributed by atoms with Gasteiger partial charge in [-0.3, -0.25) is 9.78 Å². The molecule has 0 amide bonds. The van der Waals surface area contributed by atoms with Crippen molar-refractivity contribution in [1.82, 2.24) is 4.98 Å². The van der Waals surface area contributed by atoms with E-state index in [0.29, 0.717) is 20.6 Å². The predicted molar refractivity (Wildman–Crippen MR) is 91.0 cm³/mol. The number of pyridine rings is 1. The first-order valence-electron chi connectivity index (χ1n) is 6.81. The fraction of sp³-hybridized carbons (Fsp3) is 0.188. The molecule has 2 aromatic rings. The van der Waals surface area contributed by atoms with Gasteiger partial charge in [-0.05, 0) is 49.2 Å². The van der Waals surface area contributed by atoms with Crippen molar-refractivity contribution < 1.29 is 9.53 Å². The van der Waals surface area contributed by atoms with E-state index in [1.165, 1.54) is 11.3 Å². The number of fused-ring (bicyclic) bond motifs is 1. The Labute approximate surface area is 137 Å². The first kappa shape index (κ1) is 14.9. The van der Waals surface area contributed by atoms with Gasteiger partial charge < -0.3 is 10.5 Å². The van der Waals surface area contributed by atoms with E-state index in [0.717, 1.165) is 41.5 Å². The number of carbonyl (C=O) groups excluding carboxylic acids is 1. The highest BCUT2D eigenvalue weighted by atomic mass is 32.1. The monoisotopic (exact) mass is 330 g/mol. The fourth-order valence-corrected chi connectivity index (χ4v) is 3.96. The number of hydrogen-bond acceptors (Lipinski definition) is 6. The summed E-state index contributed by atoms with van der Waals surface area (Å²) in [5, 5.41) is 0.636. The van der Waals surface area contributed by atoms with Gasteiger partial charge in [-0.25, -0.2) is 0 Å². The zero-order chi connectivity index (χ0) is 15.7. The summed E-state index contributed by atoms with van der Waals surface area (Å²) in [5.74, 6) is 0.663. The molecule has 0 saturated carbocycles. The van der Waals surface area contributed by atoms with Crippen LogP contribution < -0.4 is 10.5 Å². The van der Waals surface area contributed by atoms with Gasteiger partial charge in [-0.2, -0.15) is 0 Å². The summed E-state index contributed by atoms with van der Waals surface area (Å²) in [6.45, 7) is 1.87. The molecule has 6 heteroatoms. The molecule has 0 spiro atoms. The number of aromatic nitrogens is 1. The second-order valence-corrected chi connectivity index (χ2v) is 6.36. The predicted octanol–water partition coefficient (Wildman–Crippen LogP) is 3.56. The van der Waals surface area contributed by atoms with Gasteiger partial charge in [0.05, 0.1) is 21.0 Å². The number of carbonyl (C=O) groups is 1. The van der Waals surface area contributed by atoms with Crippen LogP contribution in [0.4, 0.5) is 0 Å². The van der Waals surface area contributed by atoms with E-state index in [9.17, 15) is 4.79 Å². The van der Waals surface area contributed by atoms with Crippen molar-refractivity contribution in [3.8, 4) is 10.8 Å². The molecule has 4 nitrogen and oxygen atoms in total. The molecule has 0 radical (unpaired) electrons. The molecule has 0 aromatic carbocycles. The van der Waals surface area contributed by atoms with E-state index in [-0.39, 0.29) is 0 Å². The van der Waals surface area contributed by atoms with E-state index in [1.54, 1.807) is 12.4 Å². The number of nitrogens with zero attached hydrogens (tertiary/aromatic N) is 1. The summed E-state index contributed by atoms with van der Waals surface area (Å²) in [5.41, 5.74) is 9.15. The van der Waals surface area contributed by atoms with Crippen LogP contribution in [-0.2, 0) is 6.42 Å². The summed E-state index contributed by atoms with van der Waals surface area (Å²) in [7, 11) is 0. The van der Waals surface area contributed by atoms with Crippen molar-refractivity contribution in [3.05, 3.63) is 51.8 Å². The Hall–Kier alpha value is -2.05. The minimum Gasteiger partial charge on any atom is -0.444 e. The number of nitrogens with two attached hydrogens (primary N) is 1. The number of aryl methyl sites for hydroxylation is 1. The molecule has 2 aromatic heterocycles. The molecule has 0 atom stereocenters. The highest BCUT2D eigenvalue weighted by Crippen LogP contribution is 2.43. The average molecular weight is 330 g/mol. The number of thiophene rings is 1. The van der Waals surface area contributed by atoms with Gasteiger partial charge in [-0.15, -0.1) is 0 Å². The van der Waals surface area contributed by atoms with Gasteiger partial charge in [0.15, 0.2) is 11.3 Å². The maximum Gasteiger partial charge on any atom is 0.190 e. The summed E-state index contributed by atoms with van der Waals surface area (Å²) in [6.07, 6.45) is 5.63. The molecule has 3 rings (SSSR count). The zero-order valence-electron chi connectivity index (χ0n) is 12.0. The largest absolute Gasteiger partial charge is 0.444 e. The fourth-order valence-electron chi connectivity index (χ4n) is 2.47. The van der Waals surface area contributed by atoms with Crippen LogP contribution in [0, 0.1) is 6.92 Å². The number of thiocarbonyl (C=S) groups is 1. The minimum absolute atomic E-state index is 0.636. The van der Waals surface area contributed by atoms with Crippen LogP contribution in [0.1, 0.15) is 32.9 Å². The van der Waals surface area contributed by atoms with E-state index in [1.807, 2.05) is 19.1 Å². The standard InChI is InChI=1S/C16H14N2O2S2/c1-9-12(3-2-6-18-9)20-16-14-11(13(8-19)22-16)5-4-10(7-17)15(14)21/h2-3,6-8H,4-5,17H2,1H3. The molecule has 0 saturated heterocycles. The van der Waals surface area contributed by atoms with Crippen molar-refractivity contribution in [2.45, 2.75) is 19.8 Å². The second kappa shape index (κ2) is 5.98. The first-order chi connectivity index (χ1) is 10.7. The van der Waals surface area contributed by atoms with Gasteiger partial charge in [0.25, 0.3) is 0 Å². The number of allylic oxidation sites excluding steroid dienone is 1. The van der Waals surface area contributed by atoms with E-state index in [4.69, 9.17) is 22.7 Å². The van der Waals surface area contributed by atoms with Gasteiger partial charge in [0.1, 0.15) is 5.75 Å². The molecular weight excluding hydrogens is 316 g/mol. The maximum atomic E-state index is 11.3. The van der Waals surface area contributed by atoms with Gasteiger partial charge in [0, 0.05) is 6.20 Å². The molecule has 2 N–H and O–H groups in total. The zero-order valence-corrected chi connectivity index (χ0v) is 13.6. The average Bonchev–Trinajstić information content (AvgIpc) is 2.88. The van der Waals surface area contributed by atoms with E-state index >= 15 is 0 Å². The lowest BCUT2D eigenvalue weighted by atomic mass is 9.89. The molecule has 0 aliphatic heterocycles. The summed E-state index contributed by atoms with van der Waals surface area (Å²) >= 11 is 6.85. The Kier molecular flexibility index (Phi) is 4.04. The third-order valence-corrected chi connectivity index (χ3v) is 5.14. The quantitative estimate of drug-likeness (QED) is 0.529. The van der Waals surface area contributed by atoms with E-state index < -0.39 is 0 Å².